The molecule has 0 saturated carbocycles. The van der Waals surface area contributed by atoms with Crippen LogP contribution in [-0.2, 0) is 0 Å². The highest BCUT2D eigenvalue weighted by Crippen LogP contribution is 1.63. The summed E-state index contributed by atoms with van der Waals surface area (Å²) in [6, 6.07) is 0. The molecule has 2 aromatic heterocycles. The van der Waals surface area contributed by atoms with E-state index in [-0.39, 0.29) is 13.5 Å². The minimum Gasteiger partial charge on any atom is -0.351 e. The predicted octanol–water partition coefficient (Wildman–Crippen LogP) is 0.932. The fraction of sp³-hybridized carbons (Fsp3) is 0. The summed E-state index contributed by atoms with van der Waals surface area (Å²) in [6.45, 7) is 0. The fourth-order valence-electron chi connectivity index (χ4n) is 0.430. The van der Waals surface area contributed by atoms with Gasteiger partial charge in [-0.15, -0.1) is 0 Å². The Balaban J connectivity index is 0.000000167. The summed E-state index contributed by atoms with van der Waals surface area (Å²) in [5.41, 5.74) is 0. The number of hydrogen-bond acceptors (Lipinski definition) is 2. The van der Waals surface area contributed by atoms with Crippen LogP contribution in [0.5, 0.6) is 0 Å². The molecule has 0 bridgehead atoms. The van der Waals surface area contributed by atoms with Crippen molar-refractivity contribution < 1.29 is 0 Å². The van der Waals surface area contributed by atoms with Gasteiger partial charge in [0.2, 0.25) is 0 Å². The summed E-state index contributed by atoms with van der Waals surface area (Å²) >= 11 is 0. The van der Waals surface area contributed by atoms with Gasteiger partial charge in [0.05, 0.1) is 12.7 Å². The molecule has 0 radical (unpaired) electrons. The highest BCUT2D eigenvalue weighted by molar-refractivity contribution is 7.59. The van der Waals surface area contributed by atoms with Gasteiger partial charge in [0.25, 0.3) is 0 Å². The van der Waals surface area contributed by atoms with Crippen LogP contribution in [0, 0.1) is 0 Å². The Morgan fingerprint density at radius 1 is 0.818 bits per heavy atom. The van der Waals surface area contributed by atoms with Gasteiger partial charge in [-0.05, 0) is 0 Å². The van der Waals surface area contributed by atoms with E-state index in [1.54, 1.807) is 37.4 Å². The van der Waals surface area contributed by atoms with E-state index in [0.717, 1.165) is 0 Å². The number of imidazole rings is 2. The maximum absolute atomic E-state index is 3.67. The first kappa shape index (κ1) is 9.77. The third kappa shape index (κ3) is 5.23. The monoisotopic (exact) mass is 170 g/mol. The number of aromatic amines is 2. The maximum Gasteiger partial charge on any atom is 0.0919 e. The largest absolute Gasteiger partial charge is 0.351 e. The predicted molar refractivity (Wildman–Crippen MR) is 47.6 cm³/mol. The van der Waals surface area contributed by atoms with Crippen molar-refractivity contribution in [1.29, 1.82) is 0 Å². The molecule has 0 aliphatic rings. The molecule has 0 aliphatic carbocycles. The number of rotatable bonds is 0. The molecule has 0 saturated heterocycles. The molecule has 4 nitrogen and oxygen atoms in total. The first-order valence-corrected chi connectivity index (χ1v) is 2.85. The molecule has 2 rings (SSSR count). The highest BCUT2D eigenvalue weighted by Gasteiger charge is 1.56. The van der Waals surface area contributed by atoms with Gasteiger partial charge < -0.3 is 9.97 Å². The van der Waals surface area contributed by atoms with Crippen molar-refractivity contribution >= 4 is 13.5 Å². The molecule has 0 amide bonds. The summed E-state index contributed by atoms with van der Waals surface area (Å²) in [5.74, 6) is 0. The SMILES string of the molecule is S.c1c[nH]cn1.c1c[nH]cn1. The number of hydrogen-bond donors (Lipinski definition) is 2. The zero-order valence-electron chi connectivity index (χ0n) is 5.86. The highest BCUT2D eigenvalue weighted by atomic mass is 32.1. The molecular weight excluding hydrogens is 160 g/mol. The second-order valence-corrected chi connectivity index (χ2v) is 1.52. The topological polar surface area (TPSA) is 57.4 Å². The van der Waals surface area contributed by atoms with Crippen molar-refractivity contribution in [3.63, 3.8) is 0 Å². The van der Waals surface area contributed by atoms with Gasteiger partial charge in [-0.1, -0.05) is 0 Å². The Kier molecular flexibility index (Phi) is 6.11. The maximum atomic E-state index is 3.67. The van der Waals surface area contributed by atoms with Gasteiger partial charge in [-0.25, -0.2) is 9.97 Å². The lowest BCUT2D eigenvalue weighted by Crippen LogP contribution is -1.44. The van der Waals surface area contributed by atoms with Crippen LogP contribution in [0.25, 0.3) is 0 Å². The van der Waals surface area contributed by atoms with E-state index in [0.29, 0.717) is 0 Å². The Bertz CT molecular complexity index is 154. The first-order chi connectivity index (χ1) is 5.00. The van der Waals surface area contributed by atoms with E-state index in [2.05, 4.69) is 19.9 Å². The number of nitrogens with zero attached hydrogens (tertiary/aromatic N) is 2. The van der Waals surface area contributed by atoms with Gasteiger partial charge in [0.1, 0.15) is 0 Å². The van der Waals surface area contributed by atoms with Crippen molar-refractivity contribution in [3.8, 4) is 0 Å². The molecular formula is C6H10N4S. The molecule has 0 atom stereocenters. The second kappa shape index (κ2) is 6.88. The summed E-state index contributed by atoms with van der Waals surface area (Å²) < 4.78 is 0. The summed E-state index contributed by atoms with van der Waals surface area (Å²) in [5, 5.41) is 0. The molecule has 0 aromatic carbocycles. The van der Waals surface area contributed by atoms with E-state index in [1.165, 1.54) is 0 Å². The normalized spacial score (nSPS) is 7.27. The van der Waals surface area contributed by atoms with Crippen LogP contribution in [0.2, 0.25) is 0 Å². The standard InChI is InChI=1S/2C3H4N2.H2S/c2*1-2-5-3-4-1;/h2*1-3H,(H,4,5);1H2. The molecule has 5 heteroatoms. The van der Waals surface area contributed by atoms with Gasteiger partial charge in [0, 0.05) is 24.8 Å². The zero-order valence-corrected chi connectivity index (χ0v) is 6.86. The molecule has 0 spiro atoms. The average Bonchev–Trinajstić information content (AvgIpc) is 2.67. The summed E-state index contributed by atoms with van der Waals surface area (Å²) in [4.78, 5) is 12.8. The van der Waals surface area contributed by atoms with E-state index < -0.39 is 0 Å². The molecule has 2 aromatic rings. The van der Waals surface area contributed by atoms with Crippen LogP contribution >= 0.6 is 13.5 Å². The minimum atomic E-state index is 0. The smallest absolute Gasteiger partial charge is 0.0919 e. The summed E-state index contributed by atoms with van der Waals surface area (Å²) in [6.07, 6.45) is 10.2. The van der Waals surface area contributed by atoms with E-state index >= 15 is 0 Å². The van der Waals surface area contributed by atoms with Crippen molar-refractivity contribution in [2.75, 3.05) is 0 Å². The van der Waals surface area contributed by atoms with Crippen LogP contribution < -0.4 is 0 Å². The zero-order chi connectivity index (χ0) is 7.07. The minimum absolute atomic E-state index is 0. The van der Waals surface area contributed by atoms with Crippen LogP contribution in [0.4, 0.5) is 0 Å². The van der Waals surface area contributed by atoms with Crippen LogP contribution in [0.3, 0.4) is 0 Å². The lowest BCUT2D eigenvalue weighted by Gasteiger charge is -1.46. The quantitative estimate of drug-likeness (QED) is 0.618. The molecule has 60 valence electrons. The van der Waals surface area contributed by atoms with Gasteiger partial charge in [-0.2, -0.15) is 13.5 Å². The van der Waals surface area contributed by atoms with Crippen LogP contribution in [0.15, 0.2) is 37.4 Å². The van der Waals surface area contributed by atoms with Crippen LogP contribution in [0.1, 0.15) is 0 Å². The molecule has 0 aliphatic heterocycles. The third-order valence-corrected chi connectivity index (χ3v) is 0.812. The number of aromatic nitrogens is 4. The molecule has 11 heavy (non-hydrogen) atoms. The Morgan fingerprint density at radius 2 is 1.27 bits per heavy atom. The van der Waals surface area contributed by atoms with Crippen LogP contribution in [-0.4, -0.2) is 19.9 Å². The van der Waals surface area contributed by atoms with Crippen molar-refractivity contribution in [2.24, 2.45) is 0 Å². The molecule has 0 unspecified atom stereocenters. The van der Waals surface area contributed by atoms with E-state index in [9.17, 15) is 0 Å². The molecule has 2 N–H and O–H groups in total. The van der Waals surface area contributed by atoms with Crippen molar-refractivity contribution in [1.82, 2.24) is 19.9 Å². The van der Waals surface area contributed by atoms with Gasteiger partial charge >= 0.3 is 0 Å². The lowest BCUT2D eigenvalue weighted by atomic mass is 11.0. The van der Waals surface area contributed by atoms with Crippen molar-refractivity contribution in [3.05, 3.63) is 37.4 Å². The lowest BCUT2D eigenvalue weighted by molar-refractivity contribution is 1.31. The fourth-order valence-corrected chi connectivity index (χ4v) is 0.430. The molecule has 2 heterocycles. The average molecular weight is 170 g/mol. The second-order valence-electron chi connectivity index (χ2n) is 1.52. The first-order valence-electron chi connectivity index (χ1n) is 2.85. The third-order valence-electron chi connectivity index (χ3n) is 0.812. The number of H-pyrrole nitrogens is 2. The van der Waals surface area contributed by atoms with E-state index in [1.807, 2.05) is 0 Å². The van der Waals surface area contributed by atoms with Gasteiger partial charge in [0.15, 0.2) is 0 Å². The van der Waals surface area contributed by atoms with Gasteiger partial charge in [-0.3, -0.25) is 0 Å². The molecule has 0 fully saturated rings. The Morgan fingerprint density at radius 3 is 1.36 bits per heavy atom. The van der Waals surface area contributed by atoms with E-state index in [4.69, 9.17) is 0 Å². The Hall–Kier alpha value is -1.23. The number of nitrogens with one attached hydrogen (secondary N) is 2. The Labute approximate surface area is 71.5 Å². The van der Waals surface area contributed by atoms with Crippen molar-refractivity contribution in [2.45, 2.75) is 0 Å². The summed E-state index contributed by atoms with van der Waals surface area (Å²) in [7, 11) is 0.